The molecular weight excluding hydrogens is 184 g/mol. The monoisotopic (exact) mass is 202 g/mol. The molecule has 0 aromatic heterocycles. The van der Waals surface area contributed by atoms with Crippen molar-refractivity contribution in [2.24, 2.45) is 0 Å². The molecule has 0 aromatic rings. The summed E-state index contributed by atoms with van der Waals surface area (Å²) in [6, 6.07) is 0. The van der Waals surface area contributed by atoms with Crippen molar-refractivity contribution in [2.45, 2.75) is 44.5 Å². The summed E-state index contributed by atoms with van der Waals surface area (Å²) < 4.78 is 5.14. The molecule has 0 rings (SSSR count). The SMILES string of the molecule is C=CC(CCC)OC(=O)CC(C)S. The van der Waals surface area contributed by atoms with Crippen LogP contribution in [0.4, 0.5) is 0 Å². The third kappa shape index (κ3) is 6.70. The van der Waals surface area contributed by atoms with Crippen molar-refractivity contribution in [3.05, 3.63) is 12.7 Å². The average Bonchev–Trinajstić information content (AvgIpc) is 2.02. The molecule has 76 valence electrons. The van der Waals surface area contributed by atoms with Gasteiger partial charge in [-0.1, -0.05) is 32.9 Å². The van der Waals surface area contributed by atoms with Gasteiger partial charge in [0, 0.05) is 5.25 Å². The highest BCUT2D eigenvalue weighted by Crippen LogP contribution is 2.07. The highest BCUT2D eigenvalue weighted by Gasteiger charge is 2.11. The van der Waals surface area contributed by atoms with Gasteiger partial charge in [0.15, 0.2) is 0 Å². The van der Waals surface area contributed by atoms with Crippen molar-refractivity contribution in [1.82, 2.24) is 0 Å². The molecule has 0 saturated carbocycles. The van der Waals surface area contributed by atoms with Crippen LogP contribution in [0.2, 0.25) is 0 Å². The zero-order chi connectivity index (χ0) is 10.3. The zero-order valence-corrected chi connectivity index (χ0v) is 9.22. The van der Waals surface area contributed by atoms with Gasteiger partial charge in [-0.15, -0.1) is 0 Å². The molecule has 0 saturated heterocycles. The van der Waals surface area contributed by atoms with E-state index in [1.807, 2.05) is 13.8 Å². The van der Waals surface area contributed by atoms with E-state index in [2.05, 4.69) is 19.2 Å². The van der Waals surface area contributed by atoms with Crippen LogP contribution in [0.1, 0.15) is 33.1 Å². The van der Waals surface area contributed by atoms with E-state index in [0.717, 1.165) is 12.8 Å². The second kappa shape index (κ2) is 7.01. The van der Waals surface area contributed by atoms with Crippen LogP contribution in [-0.4, -0.2) is 17.3 Å². The lowest BCUT2D eigenvalue weighted by Gasteiger charge is -2.13. The molecule has 13 heavy (non-hydrogen) atoms. The Morgan fingerprint density at radius 1 is 1.69 bits per heavy atom. The molecule has 0 radical (unpaired) electrons. The predicted molar refractivity (Wildman–Crippen MR) is 58.1 cm³/mol. The van der Waals surface area contributed by atoms with Crippen LogP contribution < -0.4 is 0 Å². The van der Waals surface area contributed by atoms with Crippen LogP contribution in [0.25, 0.3) is 0 Å². The van der Waals surface area contributed by atoms with E-state index in [0.29, 0.717) is 6.42 Å². The lowest BCUT2D eigenvalue weighted by molar-refractivity contribution is -0.147. The molecule has 0 heterocycles. The fourth-order valence-electron chi connectivity index (χ4n) is 0.968. The maximum absolute atomic E-state index is 11.2. The van der Waals surface area contributed by atoms with Crippen molar-refractivity contribution >= 4 is 18.6 Å². The van der Waals surface area contributed by atoms with Gasteiger partial charge in [-0.05, 0) is 6.42 Å². The third-order valence-electron chi connectivity index (χ3n) is 1.58. The minimum Gasteiger partial charge on any atom is -0.458 e. The molecule has 0 aliphatic heterocycles. The molecule has 2 atom stereocenters. The number of ether oxygens (including phenoxy) is 1. The lowest BCUT2D eigenvalue weighted by atomic mass is 10.2. The number of thiol groups is 1. The fourth-order valence-corrected chi connectivity index (χ4v) is 1.12. The quantitative estimate of drug-likeness (QED) is 0.407. The molecular formula is C10H18O2S. The lowest BCUT2D eigenvalue weighted by Crippen LogP contribution is -2.17. The molecule has 2 nitrogen and oxygen atoms in total. The van der Waals surface area contributed by atoms with Gasteiger partial charge in [0.2, 0.25) is 0 Å². The molecule has 3 heteroatoms. The Bertz CT molecular complexity index is 166. The van der Waals surface area contributed by atoms with Crippen LogP contribution in [0.5, 0.6) is 0 Å². The van der Waals surface area contributed by atoms with E-state index >= 15 is 0 Å². The summed E-state index contributed by atoms with van der Waals surface area (Å²) in [6.45, 7) is 7.53. The Balaban J connectivity index is 3.79. The Morgan fingerprint density at radius 2 is 2.31 bits per heavy atom. The van der Waals surface area contributed by atoms with Crippen LogP contribution in [0.15, 0.2) is 12.7 Å². The molecule has 0 aliphatic carbocycles. The molecule has 0 aliphatic rings. The minimum atomic E-state index is -0.194. The highest BCUT2D eigenvalue weighted by molar-refractivity contribution is 7.80. The minimum absolute atomic E-state index is 0.0552. The zero-order valence-electron chi connectivity index (χ0n) is 8.32. The highest BCUT2D eigenvalue weighted by atomic mass is 32.1. The number of hydrogen-bond donors (Lipinski definition) is 1. The second-order valence-electron chi connectivity index (χ2n) is 3.11. The van der Waals surface area contributed by atoms with E-state index in [-0.39, 0.29) is 17.3 Å². The molecule has 0 amide bonds. The van der Waals surface area contributed by atoms with Gasteiger partial charge in [-0.3, -0.25) is 4.79 Å². The Kier molecular flexibility index (Phi) is 6.77. The van der Waals surface area contributed by atoms with Crippen LogP contribution in [-0.2, 0) is 9.53 Å². The number of carbonyl (C=O) groups excluding carboxylic acids is 1. The summed E-state index contributed by atoms with van der Waals surface area (Å²) in [6.07, 6.45) is 3.72. The van der Waals surface area contributed by atoms with E-state index in [1.54, 1.807) is 6.08 Å². The van der Waals surface area contributed by atoms with Gasteiger partial charge in [-0.2, -0.15) is 12.6 Å². The predicted octanol–water partition coefficient (Wildman–Crippen LogP) is 2.59. The standard InChI is InChI=1S/C10H18O2S/c1-4-6-9(5-2)12-10(11)7-8(3)13/h5,8-9,13H,2,4,6-7H2,1,3H3. The number of rotatable bonds is 6. The average molecular weight is 202 g/mol. The van der Waals surface area contributed by atoms with Gasteiger partial charge in [-0.25, -0.2) is 0 Å². The smallest absolute Gasteiger partial charge is 0.307 e. The Labute approximate surface area is 85.8 Å². The fraction of sp³-hybridized carbons (Fsp3) is 0.700. The van der Waals surface area contributed by atoms with E-state index in [1.165, 1.54) is 0 Å². The third-order valence-corrected chi connectivity index (χ3v) is 1.76. The first-order valence-electron chi connectivity index (χ1n) is 4.60. The molecule has 0 N–H and O–H groups in total. The first kappa shape index (κ1) is 12.6. The van der Waals surface area contributed by atoms with Crippen molar-refractivity contribution in [3.63, 3.8) is 0 Å². The summed E-state index contributed by atoms with van der Waals surface area (Å²) in [5.41, 5.74) is 0. The number of esters is 1. The maximum atomic E-state index is 11.2. The van der Waals surface area contributed by atoms with Crippen LogP contribution >= 0.6 is 12.6 Å². The van der Waals surface area contributed by atoms with Gasteiger partial charge < -0.3 is 4.74 Å². The van der Waals surface area contributed by atoms with E-state index in [9.17, 15) is 4.79 Å². The topological polar surface area (TPSA) is 26.3 Å². The summed E-state index contributed by atoms with van der Waals surface area (Å²) in [7, 11) is 0. The second-order valence-corrected chi connectivity index (χ2v) is 3.99. The van der Waals surface area contributed by atoms with Crippen molar-refractivity contribution in [2.75, 3.05) is 0 Å². The summed E-state index contributed by atoms with van der Waals surface area (Å²) >= 11 is 4.11. The van der Waals surface area contributed by atoms with Gasteiger partial charge in [0.25, 0.3) is 0 Å². The Morgan fingerprint density at radius 3 is 2.69 bits per heavy atom. The molecule has 2 unspecified atom stereocenters. The summed E-state index contributed by atoms with van der Waals surface area (Å²) in [5, 5.41) is 0.0552. The largest absolute Gasteiger partial charge is 0.458 e. The molecule has 0 spiro atoms. The number of carbonyl (C=O) groups is 1. The molecule has 0 bridgehead atoms. The molecule has 0 aromatic carbocycles. The van der Waals surface area contributed by atoms with Crippen molar-refractivity contribution in [1.29, 1.82) is 0 Å². The number of hydrogen-bond acceptors (Lipinski definition) is 3. The normalized spacial score (nSPS) is 14.7. The van der Waals surface area contributed by atoms with Gasteiger partial charge in [0.05, 0.1) is 6.42 Å². The van der Waals surface area contributed by atoms with Gasteiger partial charge >= 0.3 is 5.97 Å². The van der Waals surface area contributed by atoms with Crippen LogP contribution in [0, 0.1) is 0 Å². The summed E-state index contributed by atoms with van der Waals surface area (Å²) in [4.78, 5) is 11.2. The van der Waals surface area contributed by atoms with Crippen LogP contribution in [0.3, 0.4) is 0 Å². The van der Waals surface area contributed by atoms with Crippen molar-refractivity contribution in [3.8, 4) is 0 Å². The first-order valence-corrected chi connectivity index (χ1v) is 5.11. The molecule has 0 fully saturated rings. The summed E-state index contributed by atoms with van der Waals surface area (Å²) in [5.74, 6) is -0.194. The van der Waals surface area contributed by atoms with E-state index < -0.39 is 0 Å². The first-order chi connectivity index (χ1) is 6.10. The van der Waals surface area contributed by atoms with Gasteiger partial charge in [0.1, 0.15) is 6.10 Å². The maximum Gasteiger partial charge on any atom is 0.307 e. The Hall–Kier alpha value is -0.440. The van der Waals surface area contributed by atoms with Crippen molar-refractivity contribution < 1.29 is 9.53 Å². The van der Waals surface area contributed by atoms with E-state index in [4.69, 9.17) is 4.74 Å².